The average Bonchev–Trinajstić information content (AvgIpc) is 2.44. The molecular formula is C16H23F3N2. The van der Waals surface area contributed by atoms with Crippen molar-refractivity contribution in [1.29, 1.82) is 0 Å². The van der Waals surface area contributed by atoms with Gasteiger partial charge in [-0.15, -0.1) is 0 Å². The Bertz CT molecular complexity index is 471. The quantitative estimate of drug-likeness (QED) is 0.882. The zero-order valence-electron chi connectivity index (χ0n) is 12.6. The van der Waals surface area contributed by atoms with E-state index < -0.39 is 12.6 Å². The van der Waals surface area contributed by atoms with E-state index in [1.165, 1.54) is 11.1 Å². The number of anilines is 1. The molecule has 1 aliphatic heterocycles. The van der Waals surface area contributed by atoms with Crippen LogP contribution in [0.25, 0.3) is 0 Å². The fraction of sp³-hybridized carbons (Fsp3) is 0.625. The number of nitrogens with zero attached hydrogens (tertiary/aromatic N) is 1. The summed E-state index contributed by atoms with van der Waals surface area (Å²) in [4.78, 5) is 2.10. The Labute approximate surface area is 124 Å². The molecule has 0 bridgehead atoms. The van der Waals surface area contributed by atoms with Gasteiger partial charge in [0.25, 0.3) is 0 Å². The van der Waals surface area contributed by atoms with Crippen LogP contribution in [0.1, 0.15) is 43.4 Å². The van der Waals surface area contributed by atoms with Gasteiger partial charge in [-0.3, -0.25) is 0 Å². The first kappa shape index (κ1) is 16.1. The molecule has 1 atom stereocenters. The van der Waals surface area contributed by atoms with Crippen LogP contribution in [0.4, 0.5) is 18.9 Å². The van der Waals surface area contributed by atoms with E-state index in [2.05, 4.69) is 35.3 Å². The summed E-state index contributed by atoms with van der Waals surface area (Å²) in [5.41, 5.74) is 3.59. The summed E-state index contributed by atoms with van der Waals surface area (Å²) in [5.74, 6) is 0. The lowest BCUT2D eigenvalue weighted by Crippen LogP contribution is -2.31. The maximum Gasteiger partial charge on any atom is 0.389 e. The van der Waals surface area contributed by atoms with Crippen LogP contribution in [0, 0.1) is 0 Å². The van der Waals surface area contributed by atoms with Gasteiger partial charge in [0, 0.05) is 31.2 Å². The van der Waals surface area contributed by atoms with E-state index in [9.17, 15) is 13.2 Å². The maximum atomic E-state index is 12.3. The third-order valence-electron chi connectivity index (χ3n) is 4.14. The van der Waals surface area contributed by atoms with Gasteiger partial charge in [0.15, 0.2) is 0 Å². The second-order valence-corrected chi connectivity index (χ2v) is 5.71. The van der Waals surface area contributed by atoms with Crippen LogP contribution in [0.3, 0.4) is 0 Å². The number of halogens is 3. The van der Waals surface area contributed by atoms with Crippen LogP contribution in [0.15, 0.2) is 18.2 Å². The van der Waals surface area contributed by atoms with E-state index in [1.54, 1.807) is 0 Å². The van der Waals surface area contributed by atoms with Crippen LogP contribution in [-0.4, -0.2) is 26.3 Å². The molecule has 2 nitrogen and oxygen atoms in total. The molecule has 0 spiro atoms. The highest BCUT2D eigenvalue weighted by atomic mass is 19.4. The first-order chi connectivity index (χ1) is 9.90. The van der Waals surface area contributed by atoms with Crippen molar-refractivity contribution in [2.75, 3.05) is 25.0 Å². The monoisotopic (exact) mass is 300 g/mol. The molecule has 5 heteroatoms. The fourth-order valence-corrected chi connectivity index (χ4v) is 2.83. The van der Waals surface area contributed by atoms with E-state index in [1.807, 2.05) is 7.05 Å². The van der Waals surface area contributed by atoms with Gasteiger partial charge in [-0.05, 0) is 50.4 Å². The van der Waals surface area contributed by atoms with Gasteiger partial charge in [0.2, 0.25) is 0 Å². The smallest absolute Gasteiger partial charge is 0.371 e. The second-order valence-electron chi connectivity index (χ2n) is 5.71. The minimum atomic E-state index is -4.05. The van der Waals surface area contributed by atoms with Gasteiger partial charge >= 0.3 is 6.18 Å². The molecule has 0 radical (unpaired) electrons. The van der Waals surface area contributed by atoms with Crippen molar-refractivity contribution in [2.24, 2.45) is 0 Å². The van der Waals surface area contributed by atoms with Crippen molar-refractivity contribution in [3.05, 3.63) is 29.3 Å². The number of fused-ring (bicyclic) bond motifs is 1. The van der Waals surface area contributed by atoms with Crippen LogP contribution in [0.2, 0.25) is 0 Å². The van der Waals surface area contributed by atoms with Crippen LogP contribution in [0.5, 0.6) is 0 Å². The summed E-state index contributed by atoms with van der Waals surface area (Å²) >= 11 is 0. The van der Waals surface area contributed by atoms with Crippen molar-refractivity contribution >= 4 is 5.69 Å². The van der Waals surface area contributed by atoms with Gasteiger partial charge in [0.1, 0.15) is 0 Å². The molecule has 0 aliphatic carbocycles. The van der Waals surface area contributed by atoms with E-state index >= 15 is 0 Å². The maximum absolute atomic E-state index is 12.3. The molecule has 1 aromatic rings. The van der Waals surface area contributed by atoms with Crippen molar-refractivity contribution in [2.45, 2.75) is 44.8 Å². The summed E-state index contributed by atoms with van der Waals surface area (Å²) in [6.45, 7) is 3.44. The van der Waals surface area contributed by atoms with E-state index in [-0.39, 0.29) is 12.5 Å². The molecule has 1 aromatic carbocycles. The van der Waals surface area contributed by atoms with Crippen LogP contribution in [-0.2, 0) is 6.42 Å². The molecule has 1 heterocycles. The lowest BCUT2D eigenvalue weighted by atomic mass is 9.96. The predicted octanol–water partition coefficient (Wildman–Crippen LogP) is 4.06. The summed E-state index contributed by atoms with van der Waals surface area (Å²) < 4.78 is 36.8. The van der Waals surface area contributed by atoms with Crippen LogP contribution >= 0.6 is 0 Å². The lowest BCUT2D eigenvalue weighted by molar-refractivity contribution is -0.135. The van der Waals surface area contributed by atoms with Crippen molar-refractivity contribution in [3.8, 4) is 0 Å². The zero-order valence-corrected chi connectivity index (χ0v) is 12.6. The van der Waals surface area contributed by atoms with Crippen molar-refractivity contribution in [3.63, 3.8) is 0 Å². The average molecular weight is 300 g/mol. The summed E-state index contributed by atoms with van der Waals surface area (Å²) in [5, 5.41) is 3.21. The molecule has 118 valence electrons. The molecule has 0 amide bonds. The third kappa shape index (κ3) is 4.37. The largest absolute Gasteiger partial charge is 0.389 e. The zero-order chi connectivity index (χ0) is 15.5. The van der Waals surface area contributed by atoms with Crippen LogP contribution < -0.4 is 10.2 Å². The summed E-state index contributed by atoms with van der Waals surface area (Å²) in [7, 11) is 1.92. The van der Waals surface area contributed by atoms with Gasteiger partial charge in [-0.1, -0.05) is 12.1 Å². The number of nitrogens with one attached hydrogen (secondary N) is 1. The molecule has 0 aromatic heterocycles. The topological polar surface area (TPSA) is 15.3 Å². The number of aryl methyl sites for hydroxylation is 1. The molecular weight excluding hydrogens is 277 g/mol. The molecule has 0 saturated heterocycles. The Hall–Kier alpha value is -1.23. The van der Waals surface area contributed by atoms with E-state index in [0.717, 1.165) is 25.1 Å². The SMILES string of the molecule is CNC(C)c1ccc2c(c1)CCCN2CCCC(F)(F)F. The number of alkyl halides is 3. The van der Waals surface area contributed by atoms with Gasteiger partial charge in [0.05, 0.1) is 0 Å². The molecule has 1 aliphatic rings. The second kappa shape index (κ2) is 6.69. The number of hydrogen-bond acceptors (Lipinski definition) is 2. The first-order valence-electron chi connectivity index (χ1n) is 7.52. The molecule has 1 unspecified atom stereocenters. The predicted molar refractivity (Wildman–Crippen MR) is 79.7 cm³/mol. The molecule has 21 heavy (non-hydrogen) atoms. The summed E-state index contributed by atoms with van der Waals surface area (Å²) in [6, 6.07) is 6.61. The normalized spacial score (nSPS) is 16.7. The van der Waals surface area contributed by atoms with Crippen molar-refractivity contribution in [1.82, 2.24) is 5.32 Å². The Morgan fingerprint density at radius 1 is 1.33 bits per heavy atom. The van der Waals surface area contributed by atoms with Gasteiger partial charge in [-0.25, -0.2) is 0 Å². The fourth-order valence-electron chi connectivity index (χ4n) is 2.83. The van der Waals surface area contributed by atoms with E-state index in [4.69, 9.17) is 0 Å². The highest BCUT2D eigenvalue weighted by molar-refractivity contribution is 5.57. The Kier molecular flexibility index (Phi) is 5.14. The molecule has 1 N–H and O–H groups in total. The first-order valence-corrected chi connectivity index (χ1v) is 7.52. The van der Waals surface area contributed by atoms with Crippen molar-refractivity contribution < 1.29 is 13.2 Å². The highest BCUT2D eigenvalue weighted by Crippen LogP contribution is 2.30. The Balaban J connectivity index is 2.05. The Morgan fingerprint density at radius 3 is 2.76 bits per heavy atom. The third-order valence-corrected chi connectivity index (χ3v) is 4.14. The number of benzene rings is 1. The number of rotatable bonds is 5. The molecule has 0 fully saturated rings. The number of hydrogen-bond donors (Lipinski definition) is 1. The van der Waals surface area contributed by atoms with Gasteiger partial charge < -0.3 is 10.2 Å². The highest BCUT2D eigenvalue weighted by Gasteiger charge is 2.27. The van der Waals surface area contributed by atoms with Gasteiger partial charge in [-0.2, -0.15) is 13.2 Å². The molecule has 0 saturated carbocycles. The molecule has 2 rings (SSSR count). The van der Waals surface area contributed by atoms with E-state index in [0.29, 0.717) is 6.54 Å². The lowest BCUT2D eigenvalue weighted by Gasteiger charge is -2.32. The Morgan fingerprint density at radius 2 is 2.10 bits per heavy atom. The minimum Gasteiger partial charge on any atom is -0.371 e. The minimum absolute atomic E-state index is 0.164. The summed E-state index contributed by atoms with van der Waals surface area (Å²) in [6.07, 6.45) is -2.57. The standard InChI is InChI=1S/C16H23F3N2/c1-12(20-2)13-6-7-15-14(11-13)5-3-9-21(15)10-4-8-16(17,18)19/h6-7,11-12,20H,3-5,8-10H2,1-2H3.